The van der Waals surface area contributed by atoms with Crippen LogP contribution in [0.15, 0.2) is 36.7 Å². The Morgan fingerprint density at radius 1 is 1.07 bits per heavy atom. The average molecular weight is 361 g/mol. The number of amides is 1. The van der Waals surface area contributed by atoms with Gasteiger partial charge in [-0.2, -0.15) is 5.26 Å². The minimum absolute atomic E-state index is 0.0559. The van der Waals surface area contributed by atoms with Crippen molar-refractivity contribution < 1.29 is 4.79 Å². The van der Waals surface area contributed by atoms with E-state index in [1.165, 1.54) is 0 Å². The number of piperidine rings is 1. The zero-order valence-electron chi connectivity index (χ0n) is 15.3. The molecule has 2 aromatic rings. The van der Waals surface area contributed by atoms with E-state index in [-0.39, 0.29) is 5.91 Å². The summed E-state index contributed by atoms with van der Waals surface area (Å²) < 4.78 is 0. The van der Waals surface area contributed by atoms with E-state index in [1.54, 1.807) is 12.4 Å². The zero-order chi connectivity index (χ0) is 18.6. The lowest BCUT2D eigenvalue weighted by Gasteiger charge is -2.35. The first kappa shape index (κ1) is 17.6. The van der Waals surface area contributed by atoms with Crippen LogP contribution in [-0.2, 0) is 6.42 Å². The minimum atomic E-state index is 0.0559. The van der Waals surface area contributed by atoms with Gasteiger partial charge in [0.25, 0.3) is 5.91 Å². The second kappa shape index (κ2) is 7.85. The molecule has 1 aromatic carbocycles. The van der Waals surface area contributed by atoms with Crippen LogP contribution in [0.1, 0.15) is 41.6 Å². The molecule has 2 heterocycles. The summed E-state index contributed by atoms with van der Waals surface area (Å²) >= 11 is 0. The fraction of sp³-hybridized carbons (Fsp3) is 0.429. The molecule has 1 aliphatic carbocycles. The highest BCUT2D eigenvalue weighted by Crippen LogP contribution is 2.32. The Balaban J connectivity index is 1.50. The molecule has 1 amide bonds. The van der Waals surface area contributed by atoms with Gasteiger partial charge in [-0.15, -0.1) is 0 Å². The van der Waals surface area contributed by atoms with Gasteiger partial charge in [-0.25, -0.2) is 9.97 Å². The zero-order valence-corrected chi connectivity index (χ0v) is 15.3. The monoisotopic (exact) mass is 361 g/mol. The van der Waals surface area contributed by atoms with Gasteiger partial charge in [0.1, 0.15) is 0 Å². The quantitative estimate of drug-likeness (QED) is 0.885. The van der Waals surface area contributed by atoms with Crippen molar-refractivity contribution in [3.05, 3.63) is 47.8 Å². The van der Waals surface area contributed by atoms with Gasteiger partial charge in [0.05, 0.1) is 18.1 Å². The SMILES string of the molecule is N#CCc1ccc(-c2ncc(C(=O)N(C3CCNCC3)C3CC3)cn2)cc1. The lowest BCUT2D eigenvalue weighted by Crippen LogP contribution is -2.47. The fourth-order valence-corrected chi connectivity index (χ4v) is 3.67. The molecule has 1 aromatic heterocycles. The lowest BCUT2D eigenvalue weighted by molar-refractivity contribution is 0.0622. The maximum atomic E-state index is 13.1. The summed E-state index contributed by atoms with van der Waals surface area (Å²) in [6.45, 7) is 1.94. The number of rotatable bonds is 5. The normalized spacial score (nSPS) is 17.3. The lowest BCUT2D eigenvalue weighted by atomic mass is 10.0. The Bertz CT molecular complexity index is 830. The molecule has 2 fully saturated rings. The van der Waals surface area contributed by atoms with Crippen LogP contribution in [0.2, 0.25) is 0 Å². The smallest absolute Gasteiger partial charge is 0.257 e. The van der Waals surface area contributed by atoms with Gasteiger partial charge in [-0.3, -0.25) is 4.79 Å². The minimum Gasteiger partial charge on any atom is -0.332 e. The molecule has 0 atom stereocenters. The molecule has 27 heavy (non-hydrogen) atoms. The standard InChI is InChI=1S/C21H23N5O/c22-10-7-15-1-3-16(4-2-15)20-24-13-17(14-25-20)21(27)26(18-5-6-18)19-8-11-23-12-9-19/h1-4,13-14,18-19,23H,5-9,11-12H2. The average Bonchev–Trinajstić information content (AvgIpc) is 3.55. The van der Waals surface area contributed by atoms with Crippen LogP contribution >= 0.6 is 0 Å². The van der Waals surface area contributed by atoms with Gasteiger partial charge in [-0.1, -0.05) is 24.3 Å². The Labute approximate surface area is 159 Å². The van der Waals surface area contributed by atoms with Crippen LogP contribution in [0, 0.1) is 11.3 Å². The van der Waals surface area contributed by atoms with Gasteiger partial charge in [0, 0.05) is 30.0 Å². The van der Waals surface area contributed by atoms with E-state index >= 15 is 0 Å². The highest BCUT2D eigenvalue weighted by atomic mass is 16.2. The Kier molecular flexibility index (Phi) is 5.12. The van der Waals surface area contributed by atoms with Crippen molar-refractivity contribution in [3.8, 4) is 17.5 Å². The van der Waals surface area contributed by atoms with E-state index < -0.39 is 0 Å². The van der Waals surface area contributed by atoms with Crippen molar-refractivity contribution >= 4 is 5.91 Å². The summed E-state index contributed by atoms with van der Waals surface area (Å²) in [5.74, 6) is 0.648. The first-order valence-corrected chi connectivity index (χ1v) is 9.58. The van der Waals surface area contributed by atoms with E-state index in [9.17, 15) is 4.79 Å². The number of nitriles is 1. The molecule has 0 unspecified atom stereocenters. The maximum absolute atomic E-state index is 13.1. The first-order valence-electron chi connectivity index (χ1n) is 9.58. The molecule has 0 bridgehead atoms. The Hall–Kier alpha value is -2.78. The Morgan fingerprint density at radius 3 is 2.30 bits per heavy atom. The third kappa shape index (κ3) is 3.99. The molecule has 6 nitrogen and oxygen atoms in total. The molecule has 1 saturated heterocycles. The van der Waals surface area contributed by atoms with Gasteiger partial charge < -0.3 is 10.2 Å². The predicted octanol–water partition coefficient (Wildman–Crippen LogP) is 2.57. The largest absolute Gasteiger partial charge is 0.332 e. The number of carbonyl (C=O) groups is 1. The van der Waals surface area contributed by atoms with Crippen molar-refractivity contribution in [2.24, 2.45) is 0 Å². The summed E-state index contributed by atoms with van der Waals surface area (Å²) in [6.07, 6.45) is 7.90. The van der Waals surface area contributed by atoms with E-state index in [0.29, 0.717) is 29.9 Å². The number of hydrogen-bond donors (Lipinski definition) is 1. The number of nitrogens with zero attached hydrogens (tertiary/aromatic N) is 4. The van der Waals surface area contributed by atoms with Crippen LogP contribution in [0.3, 0.4) is 0 Å². The van der Waals surface area contributed by atoms with Crippen LogP contribution in [-0.4, -0.2) is 45.9 Å². The van der Waals surface area contributed by atoms with Crippen LogP contribution < -0.4 is 5.32 Å². The van der Waals surface area contributed by atoms with Crippen molar-refractivity contribution in [2.45, 2.75) is 44.2 Å². The van der Waals surface area contributed by atoms with Gasteiger partial charge >= 0.3 is 0 Å². The number of benzene rings is 1. The Morgan fingerprint density at radius 2 is 1.70 bits per heavy atom. The predicted molar refractivity (Wildman–Crippen MR) is 102 cm³/mol. The summed E-state index contributed by atoms with van der Waals surface area (Å²) in [4.78, 5) is 24.0. The molecule has 0 spiro atoms. The fourth-order valence-electron chi connectivity index (χ4n) is 3.67. The molecule has 2 aliphatic rings. The summed E-state index contributed by atoms with van der Waals surface area (Å²) in [6, 6.07) is 10.5. The van der Waals surface area contributed by atoms with Gasteiger partial charge in [-0.05, 0) is 44.3 Å². The summed E-state index contributed by atoms with van der Waals surface area (Å²) in [7, 11) is 0. The molecule has 4 rings (SSSR count). The third-order valence-electron chi connectivity index (χ3n) is 5.27. The van der Waals surface area contributed by atoms with Crippen molar-refractivity contribution in [1.29, 1.82) is 5.26 Å². The maximum Gasteiger partial charge on any atom is 0.257 e. The summed E-state index contributed by atoms with van der Waals surface area (Å²) in [5.41, 5.74) is 2.41. The molecule has 6 heteroatoms. The number of aromatic nitrogens is 2. The summed E-state index contributed by atoms with van der Waals surface area (Å²) in [5, 5.41) is 12.1. The molecule has 138 valence electrons. The van der Waals surface area contributed by atoms with Crippen LogP contribution in [0.5, 0.6) is 0 Å². The number of hydrogen-bond acceptors (Lipinski definition) is 5. The first-order chi connectivity index (χ1) is 13.3. The number of nitrogens with one attached hydrogen (secondary N) is 1. The van der Waals surface area contributed by atoms with Crippen LogP contribution in [0.25, 0.3) is 11.4 Å². The highest BCUT2D eigenvalue weighted by Gasteiger charge is 2.38. The molecule has 1 N–H and O–H groups in total. The molecule has 1 saturated carbocycles. The van der Waals surface area contributed by atoms with Crippen molar-refractivity contribution in [1.82, 2.24) is 20.2 Å². The van der Waals surface area contributed by atoms with E-state index in [4.69, 9.17) is 5.26 Å². The highest BCUT2D eigenvalue weighted by molar-refractivity contribution is 5.94. The molecular weight excluding hydrogens is 338 g/mol. The van der Waals surface area contributed by atoms with Gasteiger partial charge in [0.15, 0.2) is 5.82 Å². The second-order valence-corrected chi connectivity index (χ2v) is 7.25. The van der Waals surface area contributed by atoms with E-state index in [0.717, 1.165) is 49.9 Å². The van der Waals surface area contributed by atoms with Crippen molar-refractivity contribution in [2.75, 3.05) is 13.1 Å². The van der Waals surface area contributed by atoms with E-state index in [2.05, 4.69) is 26.3 Å². The van der Waals surface area contributed by atoms with E-state index in [1.807, 2.05) is 24.3 Å². The van der Waals surface area contributed by atoms with Gasteiger partial charge in [0.2, 0.25) is 0 Å². The van der Waals surface area contributed by atoms with Crippen LogP contribution in [0.4, 0.5) is 0 Å². The second-order valence-electron chi connectivity index (χ2n) is 7.25. The third-order valence-corrected chi connectivity index (χ3v) is 5.27. The van der Waals surface area contributed by atoms with Crippen molar-refractivity contribution in [3.63, 3.8) is 0 Å². The topological polar surface area (TPSA) is 81.9 Å². The molecule has 0 radical (unpaired) electrons. The molecule has 1 aliphatic heterocycles. The molecular formula is C21H23N5O. The number of carbonyl (C=O) groups excluding carboxylic acids is 1.